The molecule has 0 atom stereocenters. The second-order valence-corrected chi connectivity index (χ2v) is 4.78. The zero-order chi connectivity index (χ0) is 10.3. The molecule has 2 aliphatic heterocycles. The number of hydrogen-bond donors (Lipinski definition) is 1. The Labute approximate surface area is 82.8 Å². The predicted molar refractivity (Wildman–Crippen MR) is 38.2 cm³/mol. The Bertz CT molecular complexity index is 304. The fourth-order valence-electron chi connectivity index (χ4n) is 1.09. The van der Waals surface area contributed by atoms with Crippen LogP contribution in [0.1, 0.15) is 12.8 Å². The van der Waals surface area contributed by atoms with E-state index in [1.807, 2.05) is 0 Å². The van der Waals surface area contributed by atoms with Crippen LogP contribution in [0.3, 0.4) is 0 Å². The summed E-state index contributed by atoms with van der Waals surface area (Å²) in [6.45, 7) is 0. The Kier molecular flexibility index (Phi) is 1.99. The second kappa shape index (κ2) is 2.94. The minimum absolute atomic E-state index is 0.569. The summed E-state index contributed by atoms with van der Waals surface area (Å²) >= 11 is -2.92. The minimum atomic E-state index is -2.92. The Morgan fingerprint density at radius 1 is 1.07 bits per heavy atom. The Morgan fingerprint density at radius 2 is 1.57 bits per heavy atom. The first-order chi connectivity index (χ1) is 6.49. The van der Waals surface area contributed by atoms with Gasteiger partial charge in [0.05, 0.1) is 0 Å². The SMILES string of the molecule is O=C1CC2(O)CC(=O)O[Se](O1)OC2=O. The Balaban J connectivity index is 2.39. The Morgan fingerprint density at radius 3 is 2.07 bits per heavy atom. The second-order valence-electron chi connectivity index (χ2n) is 2.87. The molecule has 77 valence electrons. The van der Waals surface area contributed by atoms with Crippen LogP contribution in [0.25, 0.3) is 0 Å². The van der Waals surface area contributed by atoms with Gasteiger partial charge < -0.3 is 0 Å². The van der Waals surface area contributed by atoms with Crippen LogP contribution in [0.5, 0.6) is 0 Å². The van der Waals surface area contributed by atoms with Gasteiger partial charge in [-0.3, -0.25) is 0 Å². The van der Waals surface area contributed by atoms with Gasteiger partial charge in [-0.25, -0.2) is 0 Å². The summed E-state index contributed by atoms with van der Waals surface area (Å²) in [7, 11) is 0. The molecule has 8 heteroatoms. The normalized spacial score (nSPS) is 25.9. The zero-order valence-electron chi connectivity index (χ0n) is 6.72. The molecular weight excluding hydrogens is 263 g/mol. The summed E-state index contributed by atoms with van der Waals surface area (Å²) < 4.78 is 13.6. The van der Waals surface area contributed by atoms with Crippen LogP contribution in [0.2, 0.25) is 0 Å². The number of carbonyl (C=O) groups excluding carboxylic acids is 3. The van der Waals surface area contributed by atoms with E-state index in [0.717, 1.165) is 0 Å². The number of aliphatic hydroxyl groups is 1. The van der Waals surface area contributed by atoms with Crippen LogP contribution < -0.4 is 0 Å². The van der Waals surface area contributed by atoms with E-state index in [0.29, 0.717) is 0 Å². The van der Waals surface area contributed by atoms with Crippen LogP contribution in [-0.2, 0) is 25.8 Å². The molecule has 0 spiro atoms. The molecule has 0 aromatic rings. The maximum absolute atomic E-state index is 11.2. The van der Waals surface area contributed by atoms with Crippen LogP contribution in [0.15, 0.2) is 0 Å². The van der Waals surface area contributed by atoms with Gasteiger partial charge in [0.25, 0.3) is 0 Å². The molecule has 0 amide bonds. The van der Waals surface area contributed by atoms with Crippen LogP contribution in [0, 0.1) is 0 Å². The number of carbonyl (C=O) groups is 3. The molecule has 0 unspecified atom stereocenters. The molecule has 1 radical (unpaired) electrons. The molecule has 0 aliphatic carbocycles. The number of fused-ring (bicyclic) bond motifs is 3. The van der Waals surface area contributed by atoms with E-state index in [4.69, 9.17) is 0 Å². The van der Waals surface area contributed by atoms with Crippen molar-refractivity contribution >= 4 is 32.8 Å². The van der Waals surface area contributed by atoms with Crippen LogP contribution >= 0.6 is 0 Å². The van der Waals surface area contributed by atoms with Gasteiger partial charge in [-0.05, 0) is 0 Å². The van der Waals surface area contributed by atoms with E-state index in [1.165, 1.54) is 0 Å². The summed E-state index contributed by atoms with van der Waals surface area (Å²) in [5.74, 6) is -2.62. The van der Waals surface area contributed by atoms with Crippen molar-refractivity contribution in [3.05, 3.63) is 0 Å². The van der Waals surface area contributed by atoms with E-state index in [1.54, 1.807) is 0 Å². The first kappa shape index (κ1) is 9.44. The standard InChI is InChI=1S/C6H5O7Se/c7-3-1-6(10)2-4(8)12-14(11-3)13-5(6)9/h10H,1-2H2. The van der Waals surface area contributed by atoms with Crippen molar-refractivity contribution in [1.29, 1.82) is 0 Å². The fourth-order valence-corrected chi connectivity index (χ4v) is 2.77. The summed E-state index contributed by atoms with van der Waals surface area (Å²) in [5.41, 5.74) is -2.12. The fraction of sp³-hybridized carbons (Fsp3) is 0.500. The van der Waals surface area contributed by atoms with E-state index in [2.05, 4.69) is 11.5 Å². The molecule has 2 bridgehead atoms. The van der Waals surface area contributed by atoms with Crippen molar-refractivity contribution in [2.75, 3.05) is 0 Å². The monoisotopic (exact) mass is 269 g/mol. The zero-order valence-corrected chi connectivity index (χ0v) is 8.43. The summed E-state index contributed by atoms with van der Waals surface area (Å²) in [4.78, 5) is 33.2. The topological polar surface area (TPSA) is 99.1 Å². The molecule has 2 heterocycles. The first-order valence-corrected chi connectivity index (χ1v) is 5.71. The third-order valence-corrected chi connectivity index (χ3v) is 3.67. The molecule has 2 saturated heterocycles. The van der Waals surface area contributed by atoms with Crippen LogP contribution in [-0.4, -0.2) is 43.5 Å². The van der Waals surface area contributed by atoms with Crippen molar-refractivity contribution in [2.24, 2.45) is 0 Å². The predicted octanol–water partition coefficient (Wildman–Crippen LogP) is -1.86. The van der Waals surface area contributed by atoms with Gasteiger partial charge in [0, 0.05) is 0 Å². The quantitative estimate of drug-likeness (QED) is 0.514. The first-order valence-electron chi connectivity index (χ1n) is 3.61. The summed E-state index contributed by atoms with van der Waals surface area (Å²) in [5, 5.41) is 9.63. The van der Waals surface area contributed by atoms with Crippen molar-refractivity contribution in [1.82, 2.24) is 0 Å². The summed E-state index contributed by atoms with van der Waals surface area (Å²) in [6.07, 6.45) is -1.14. The van der Waals surface area contributed by atoms with E-state index < -0.39 is 51.2 Å². The van der Waals surface area contributed by atoms with E-state index in [-0.39, 0.29) is 0 Å². The molecule has 2 rings (SSSR count). The molecule has 1 N–H and O–H groups in total. The molecule has 2 aliphatic rings. The number of hydrogen-bond acceptors (Lipinski definition) is 7. The van der Waals surface area contributed by atoms with Gasteiger partial charge in [-0.15, -0.1) is 0 Å². The van der Waals surface area contributed by atoms with Crippen molar-refractivity contribution in [3.63, 3.8) is 0 Å². The van der Waals surface area contributed by atoms with Crippen LogP contribution in [0.4, 0.5) is 0 Å². The summed E-state index contributed by atoms with van der Waals surface area (Å²) in [6, 6.07) is 0. The van der Waals surface area contributed by atoms with Crippen molar-refractivity contribution in [3.8, 4) is 0 Å². The van der Waals surface area contributed by atoms with E-state index >= 15 is 0 Å². The van der Waals surface area contributed by atoms with Gasteiger partial charge in [0.1, 0.15) is 0 Å². The van der Waals surface area contributed by atoms with Crippen molar-refractivity contribution in [2.45, 2.75) is 18.4 Å². The van der Waals surface area contributed by atoms with Gasteiger partial charge in [-0.2, -0.15) is 0 Å². The third-order valence-electron chi connectivity index (χ3n) is 1.72. The Hall–Kier alpha value is -1.11. The van der Waals surface area contributed by atoms with Gasteiger partial charge in [-0.1, -0.05) is 0 Å². The average molecular weight is 268 g/mol. The molecule has 14 heavy (non-hydrogen) atoms. The number of rotatable bonds is 0. The molecule has 0 aromatic heterocycles. The average Bonchev–Trinajstić information content (AvgIpc) is 2.13. The van der Waals surface area contributed by atoms with Gasteiger partial charge in [0.15, 0.2) is 0 Å². The third kappa shape index (κ3) is 1.47. The van der Waals surface area contributed by atoms with Gasteiger partial charge >= 0.3 is 82.2 Å². The molecule has 2 fully saturated rings. The maximum atomic E-state index is 11.2. The molecular formula is C6H5O7Se. The molecule has 0 saturated carbocycles. The van der Waals surface area contributed by atoms with E-state index in [9.17, 15) is 19.5 Å². The molecule has 0 aromatic carbocycles. The van der Waals surface area contributed by atoms with Gasteiger partial charge in [0.2, 0.25) is 0 Å². The molecule has 7 nitrogen and oxygen atoms in total. The van der Waals surface area contributed by atoms with Crippen molar-refractivity contribution < 1.29 is 30.9 Å².